The maximum Gasteiger partial charge on any atom is 0.417 e. The highest BCUT2D eigenvalue weighted by Crippen LogP contribution is 2.29. The molecule has 7 heteroatoms. The number of aromatic nitrogens is 2. The van der Waals surface area contributed by atoms with Crippen LogP contribution in [0.1, 0.15) is 15.4 Å². The van der Waals surface area contributed by atoms with E-state index in [-0.39, 0.29) is 4.88 Å². The van der Waals surface area contributed by atoms with Crippen LogP contribution in [0.15, 0.2) is 27.4 Å². The number of hydrogen-bond donors (Lipinski definition) is 2. The van der Waals surface area contributed by atoms with Gasteiger partial charge >= 0.3 is 11.7 Å². The van der Waals surface area contributed by atoms with Gasteiger partial charge in [-0.15, -0.1) is 11.3 Å². The highest BCUT2D eigenvalue weighted by Gasteiger charge is 2.15. The van der Waals surface area contributed by atoms with Crippen LogP contribution in [0.4, 0.5) is 0 Å². The van der Waals surface area contributed by atoms with E-state index < -0.39 is 11.7 Å². The van der Waals surface area contributed by atoms with E-state index in [4.69, 9.17) is 9.52 Å². The van der Waals surface area contributed by atoms with Crippen LogP contribution in [-0.2, 0) is 0 Å². The lowest BCUT2D eigenvalue weighted by atomic mass is 10.2. The molecule has 0 amide bonds. The van der Waals surface area contributed by atoms with E-state index in [1.165, 1.54) is 0 Å². The second-order valence-corrected chi connectivity index (χ2v) is 4.96. The van der Waals surface area contributed by atoms with Gasteiger partial charge in [0.1, 0.15) is 9.88 Å². The van der Waals surface area contributed by atoms with Crippen LogP contribution in [0, 0.1) is 6.92 Å². The first-order valence-corrected chi connectivity index (χ1v) is 6.20. The smallest absolute Gasteiger partial charge is 0.417 e. The van der Waals surface area contributed by atoms with Crippen molar-refractivity contribution in [3.8, 4) is 10.6 Å². The molecule has 0 saturated heterocycles. The van der Waals surface area contributed by atoms with Crippen LogP contribution in [0.5, 0.6) is 0 Å². The quantitative estimate of drug-likeness (QED) is 0.748. The summed E-state index contributed by atoms with van der Waals surface area (Å²) < 4.78 is 4.96. The summed E-state index contributed by atoms with van der Waals surface area (Å²) in [6.07, 6.45) is 0. The number of carbonyl (C=O) groups is 1. The van der Waals surface area contributed by atoms with Crippen molar-refractivity contribution in [3.63, 3.8) is 0 Å². The fourth-order valence-electron chi connectivity index (χ4n) is 1.80. The Balaban J connectivity index is 2.15. The molecule has 3 aromatic rings. The SMILES string of the molecule is Cc1nc(-c2ccc3[nH]c(=O)oc3c2)sc1C(=O)O. The highest BCUT2D eigenvalue weighted by atomic mass is 32.1. The molecule has 0 spiro atoms. The molecule has 0 aliphatic heterocycles. The predicted octanol–water partition coefficient (Wildman–Crippen LogP) is 2.25. The van der Waals surface area contributed by atoms with Crippen molar-refractivity contribution in [3.05, 3.63) is 39.3 Å². The van der Waals surface area contributed by atoms with Crippen molar-refractivity contribution >= 4 is 28.4 Å². The van der Waals surface area contributed by atoms with Gasteiger partial charge in [-0.2, -0.15) is 0 Å². The topological polar surface area (TPSA) is 96.2 Å². The van der Waals surface area contributed by atoms with Crippen molar-refractivity contribution in [1.29, 1.82) is 0 Å². The number of carboxylic acids is 1. The number of nitrogens with zero attached hydrogens (tertiary/aromatic N) is 1. The van der Waals surface area contributed by atoms with Crippen molar-refractivity contribution in [2.75, 3.05) is 0 Å². The number of hydrogen-bond acceptors (Lipinski definition) is 5. The fourth-order valence-corrected chi connectivity index (χ4v) is 2.70. The van der Waals surface area contributed by atoms with E-state index in [1.54, 1.807) is 25.1 Å². The molecule has 3 rings (SSSR count). The maximum atomic E-state index is 11.1. The van der Waals surface area contributed by atoms with E-state index >= 15 is 0 Å². The van der Waals surface area contributed by atoms with Crippen LogP contribution in [0.25, 0.3) is 21.7 Å². The molecule has 0 saturated carbocycles. The Hall–Kier alpha value is -2.41. The van der Waals surface area contributed by atoms with Crippen LogP contribution >= 0.6 is 11.3 Å². The standard InChI is InChI=1S/C12H8N2O4S/c1-5-9(11(15)16)19-10(13-5)6-2-3-7-8(4-6)18-12(17)14-7/h2-4H,1H3,(H,14,17)(H,15,16). The van der Waals surface area contributed by atoms with E-state index in [9.17, 15) is 9.59 Å². The molecule has 0 unspecified atom stereocenters. The first-order valence-electron chi connectivity index (χ1n) is 5.38. The number of rotatable bonds is 2. The first-order chi connectivity index (χ1) is 9.04. The van der Waals surface area contributed by atoms with Gasteiger partial charge in [0.05, 0.1) is 11.2 Å². The molecule has 19 heavy (non-hydrogen) atoms. The lowest BCUT2D eigenvalue weighted by Crippen LogP contribution is -1.94. The van der Waals surface area contributed by atoms with Crippen LogP contribution in [0.2, 0.25) is 0 Å². The minimum absolute atomic E-state index is 0.214. The molecule has 6 nitrogen and oxygen atoms in total. The Morgan fingerprint density at radius 2 is 2.26 bits per heavy atom. The van der Waals surface area contributed by atoms with Gasteiger partial charge in [-0.05, 0) is 25.1 Å². The van der Waals surface area contributed by atoms with Crippen LogP contribution in [0.3, 0.4) is 0 Å². The monoisotopic (exact) mass is 276 g/mol. The molecule has 2 heterocycles. The number of H-pyrrole nitrogens is 1. The van der Waals surface area contributed by atoms with E-state index in [0.29, 0.717) is 21.8 Å². The molecule has 0 atom stereocenters. The second kappa shape index (κ2) is 4.06. The van der Waals surface area contributed by atoms with Gasteiger partial charge in [-0.1, -0.05) is 0 Å². The average Bonchev–Trinajstić information content (AvgIpc) is 2.89. The van der Waals surface area contributed by atoms with Gasteiger partial charge in [0.2, 0.25) is 0 Å². The summed E-state index contributed by atoms with van der Waals surface area (Å²) in [5.74, 6) is -1.51. The van der Waals surface area contributed by atoms with E-state index in [1.807, 2.05) is 0 Å². The zero-order chi connectivity index (χ0) is 13.6. The summed E-state index contributed by atoms with van der Waals surface area (Å²) in [7, 11) is 0. The molecular formula is C12H8N2O4S. The molecule has 0 aliphatic carbocycles. The summed E-state index contributed by atoms with van der Waals surface area (Å²) >= 11 is 1.10. The highest BCUT2D eigenvalue weighted by molar-refractivity contribution is 7.17. The number of nitrogens with one attached hydrogen (secondary N) is 1. The molecule has 0 fully saturated rings. The maximum absolute atomic E-state index is 11.1. The van der Waals surface area contributed by atoms with Crippen molar-refractivity contribution < 1.29 is 14.3 Å². The van der Waals surface area contributed by atoms with Crippen molar-refractivity contribution in [2.24, 2.45) is 0 Å². The largest absolute Gasteiger partial charge is 0.477 e. The summed E-state index contributed by atoms with van der Waals surface area (Å²) in [6, 6.07) is 5.13. The van der Waals surface area contributed by atoms with Gasteiger partial charge in [0.25, 0.3) is 0 Å². The third-order valence-corrected chi connectivity index (χ3v) is 3.85. The summed E-state index contributed by atoms with van der Waals surface area (Å²) in [5.41, 5.74) is 2.21. The molecule has 96 valence electrons. The number of benzene rings is 1. The number of oxazole rings is 1. The molecule has 0 radical (unpaired) electrons. The molecule has 0 bridgehead atoms. The third kappa shape index (κ3) is 1.93. The minimum atomic E-state index is -0.990. The van der Waals surface area contributed by atoms with Gasteiger partial charge in [0, 0.05) is 5.56 Å². The zero-order valence-corrected chi connectivity index (χ0v) is 10.6. The lowest BCUT2D eigenvalue weighted by molar-refractivity contribution is 0.0701. The summed E-state index contributed by atoms with van der Waals surface area (Å²) in [6.45, 7) is 1.65. The lowest BCUT2D eigenvalue weighted by Gasteiger charge is -1.94. The third-order valence-electron chi connectivity index (χ3n) is 2.66. The number of carboxylic acid groups (broad SMARTS) is 1. The van der Waals surface area contributed by atoms with Gasteiger partial charge in [-0.25, -0.2) is 14.6 Å². The minimum Gasteiger partial charge on any atom is -0.477 e. The average molecular weight is 276 g/mol. The Bertz CT molecular complexity index is 843. The van der Waals surface area contributed by atoms with Crippen molar-refractivity contribution in [2.45, 2.75) is 6.92 Å². The second-order valence-electron chi connectivity index (χ2n) is 3.96. The fraction of sp³-hybridized carbons (Fsp3) is 0.0833. The first kappa shape index (κ1) is 11.7. The molecule has 2 N–H and O–H groups in total. The summed E-state index contributed by atoms with van der Waals surface area (Å²) in [4.78, 5) is 29.0. The number of fused-ring (bicyclic) bond motifs is 1. The Morgan fingerprint density at radius 3 is 2.95 bits per heavy atom. The van der Waals surface area contributed by atoms with Crippen LogP contribution in [-0.4, -0.2) is 21.0 Å². The van der Waals surface area contributed by atoms with E-state index in [0.717, 1.165) is 16.9 Å². The number of thiazole rings is 1. The normalized spacial score (nSPS) is 11.0. The summed E-state index contributed by atoms with van der Waals surface area (Å²) in [5, 5.41) is 9.59. The van der Waals surface area contributed by atoms with Gasteiger partial charge in [-0.3, -0.25) is 4.98 Å². The number of aryl methyl sites for hydroxylation is 1. The Kier molecular flexibility index (Phi) is 2.49. The molecule has 1 aromatic carbocycles. The Morgan fingerprint density at radius 1 is 1.47 bits per heavy atom. The van der Waals surface area contributed by atoms with E-state index in [2.05, 4.69) is 9.97 Å². The zero-order valence-electron chi connectivity index (χ0n) is 9.76. The molecular weight excluding hydrogens is 268 g/mol. The van der Waals surface area contributed by atoms with Gasteiger partial charge < -0.3 is 9.52 Å². The van der Waals surface area contributed by atoms with Crippen LogP contribution < -0.4 is 5.76 Å². The Labute approximate surface area is 110 Å². The molecule has 0 aliphatic rings. The predicted molar refractivity (Wildman–Crippen MR) is 69.6 cm³/mol. The van der Waals surface area contributed by atoms with Gasteiger partial charge in [0.15, 0.2) is 5.58 Å². The van der Waals surface area contributed by atoms with Crippen molar-refractivity contribution in [1.82, 2.24) is 9.97 Å². The number of aromatic amines is 1. The number of aromatic carboxylic acids is 1. The molecule has 2 aromatic heterocycles.